The highest BCUT2D eigenvalue weighted by molar-refractivity contribution is 5.81. The summed E-state index contributed by atoms with van der Waals surface area (Å²) in [6.45, 7) is 5.61. The number of amides is 1. The van der Waals surface area contributed by atoms with Crippen LogP contribution in [0.25, 0.3) is 11.0 Å². The smallest absolute Gasteiger partial charge is 0.333 e. The summed E-state index contributed by atoms with van der Waals surface area (Å²) in [5.74, 6) is 1.54. The highest BCUT2D eigenvalue weighted by Crippen LogP contribution is 2.38. The summed E-state index contributed by atoms with van der Waals surface area (Å²) in [4.78, 5) is 45.1. The van der Waals surface area contributed by atoms with Gasteiger partial charge in [-0.1, -0.05) is 26.0 Å². The Bertz CT molecular complexity index is 1400. The van der Waals surface area contributed by atoms with Gasteiger partial charge < -0.3 is 14.2 Å². The molecule has 0 N–H and O–H groups in total. The first-order chi connectivity index (χ1) is 16.2. The lowest BCUT2D eigenvalue weighted by atomic mass is 9.90. The molecular formula is C25H31N5O4. The summed E-state index contributed by atoms with van der Waals surface area (Å²) >= 11 is 0. The van der Waals surface area contributed by atoms with Crippen LogP contribution in [0.15, 0.2) is 33.9 Å². The fourth-order valence-corrected chi connectivity index (χ4v) is 5.37. The average Bonchev–Trinajstić information content (AvgIpc) is 3.30. The predicted molar refractivity (Wildman–Crippen MR) is 128 cm³/mol. The van der Waals surface area contributed by atoms with Crippen LogP contribution >= 0.6 is 0 Å². The van der Waals surface area contributed by atoms with Gasteiger partial charge in [-0.2, -0.15) is 0 Å². The summed E-state index contributed by atoms with van der Waals surface area (Å²) in [5.41, 5.74) is 1.19. The highest BCUT2D eigenvalue weighted by atomic mass is 16.5. The molecule has 0 aliphatic carbocycles. The van der Waals surface area contributed by atoms with Gasteiger partial charge in [0, 0.05) is 45.9 Å². The molecule has 3 aromatic rings. The minimum Gasteiger partial charge on any atom is -0.471 e. The number of carbonyl (C=O) groups excluding carboxylic acids is 1. The fraction of sp³-hybridized carbons (Fsp3) is 0.520. The van der Waals surface area contributed by atoms with Gasteiger partial charge in [0.15, 0.2) is 0 Å². The molecule has 1 fully saturated rings. The number of nitrogens with zero attached hydrogens (tertiary/aromatic N) is 5. The number of para-hydroxylation sites is 2. The van der Waals surface area contributed by atoms with E-state index in [1.165, 1.54) is 11.6 Å². The van der Waals surface area contributed by atoms with E-state index in [-0.39, 0.29) is 29.6 Å². The molecule has 9 heteroatoms. The second kappa shape index (κ2) is 8.14. The molecular weight excluding hydrogens is 434 g/mol. The Kier molecular flexibility index (Phi) is 5.37. The number of aromatic nitrogens is 4. The van der Waals surface area contributed by atoms with Gasteiger partial charge in [-0.05, 0) is 25.0 Å². The second-order valence-corrected chi connectivity index (χ2v) is 9.89. The average molecular weight is 466 g/mol. The highest BCUT2D eigenvalue weighted by Gasteiger charge is 2.44. The van der Waals surface area contributed by atoms with Crippen LogP contribution in [0.4, 0.5) is 0 Å². The lowest BCUT2D eigenvalue weighted by Crippen LogP contribution is -2.38. The molecule has 2 aliphatic rings. The zero-order valence-electron chi connectivity index (χ0n) is 20.2. The minimum absolute atomic E-state index is 0.0564. The number of benzene rings is 1. The van der Waals surface area contributed by atoms with Crippen LogP contribution in [0.3, 0.4) is 0 Å². The Morgan fingerprint density at radius 1 is 1.12 bits per heavy atom. The van der Waals surface area contributed by atoms with E-state index in [0.717, 1.165) is 34.3 Å². The fourth-order valence-electron chi connectivity index (χ4n) is 5.37. The molecule has 0 unspecified atom stereocenters. The minimum atomic E-state index is -0.556. The Hall–Kier alpha value is -3.36. The quantitative estimate of drug-likeness (QED) is 0.590. The van der Waals surface area contributed by atoms with Gasteiger partial charge in [0.1, 0.15) is 18.0 Å². The number of ether oxygens (including phenoxy) is 1. The zero-order chi connectivity index (χ0) is 24.2. The normalized spacial score (nSPS) is 20.1. The molecule has 1 spiro atoms. The molecule has 2 aromatic heterocycles. The van der Waals surface area contributed by atoms with Gasteiger partial charge in [0.2, 0.25) is 11.8 Å². The molecule has 180 valence electrons. The topological polar surface area (TPSA) is 91.4 Å². The Morgan fingerprint density at radius 3 is 2.65 bits per heavy atom. The molecule has 1 saturated heterocycles. The van der Waals surface area contributed by atoms with Crippen LogP contribution in [0, 0.1) is 0 Å². The molecule has 9 nitrogen and oxygen atoms in total. The summed E-state index contributed by atoms with van der Waals surface area (Å²) in [6.07, 6.45) is 2.59. The molecule has 5 rings (SSSR count). The van der Waals surface area contributed by atoms with Crippen molar-refractivity contribution in [3.63, 3.8) is 0 Å². The van der Waals surface area contributed by atoms with E-state index in [0.29, 0.717) is 37.4 Å². The number of hydrogen-bond acceptors (Lipinski definition) is 5. The van der Waals surface area contributed by atoms with Crippen molar-refractivity contribution < 1.29 is 9.53 Å². The largest absolute Gasteiger partial charge is 0.471 e. The van der Waals surface area contributed by atoms with Crippen molar-refractivity contribution in [2.45, 2.75) is 57.6 Å². The molecule has 1 atom stereocenters. The molecule has 0 saturated carbocycles. The Labute approximate surface area is 197 Å². The van der Waals surface area contributed by atoms with Gasteiger partial charge in [-0.25, -0.2) is 9.78 Å². The third-order valence-electron chi connectivity index (χ3n) is 7.26. The Morgan fingerprint density at radius 2 is 1.88 bits per heavy atom. The summed E-state index contributed by atoms with van der Waals surface area (Å²) in [6, 6.07) is 7.91. The standard InChI is InChI=1S/C25H31N5O4/c1-16(2)21-26-18-8-5-6-9-19(18)30(21)15-20(31)29-12-7-10-25(11-13-29)14-17-22(32)27(3)24(33)28(4)23(17)34-25/h5-6,8-9,16H,7,10-15H2,1-4H3/t25-/m1/s1. The van der Waals surface area contributed by atoms with E-state index < -0.39 is 5.60 Å². The monoisotopic (exact) mass is 465 g/mol. The first kappa shape index (κ1) is 22.4. The van der Waals surface area contributed by atoms with E-state index in [1.807, 2.05) is 33.7 Å². The third kappa shape index (κ3) is 3.54. The summed E-state index contributed by atoms with van der Waals surface area (Å²) in [5, 5.41) is 0. The molecule has 4 heterocycles. The molecule has 0 bridgehead atoms. The maximum absolute atomic E-state index is 13.4. The number of rotatable bonds is 3. The van der Waals surface area contributed by atoms with Crippen molar-refractivity contribution in [2.75, 3.05) is 13.1 Å². The van der Waals surface area contributed by atoms with Crippen LogP contribution < -0.4 is 16.0 Å². The predicted octanol–water partition coefficient (Wildman–Crippen LogP) is 1.94. The first-order valence-electron chi connectivity index (χ1n) is 11.9. The number of imidazole rings is 1. The number of likely N-dealkylation sites (tertiary alicyclic amines) is 1. The zero-order valence-corrected chi connectivity index (χ0v) is 20.2. The van der Waals surface area contributed by atoms with Crippen molar-refractivity contribution in [1.82, 2.24) is 23.6 Å². The SMILES string of the molecule is CC(C)c1nc2ccccc2n1CC(=O)N1CCC[C@@]2(CC1)Cc1c(n(C)c(=O)n(C)c1=O)O2. The van der Waals surface area contributed by atoms with Crippen LogP contribution in [0.5, 0.6) is 5.88 Å². The summed E-state index contributed by atoms with van der Waals surface area (Å²) < 4.78 is 10.9. The van der Waals surface area contributed by atoms with Gasteiger partial charge in [-0.15, -0.1) is 0 Å². The second-order valence-electron chi connectivity index (χ2n) is 9.89. The van der Waals surface area contributed by atoms with E-state index in [1.54, 1.807) is 7.05 Å². The van der Waals surface area contributed by atoms with Gasteiger partial charge in [-0.3, -0.25) is 18.7 Å². The first-order valence-corrected chi connectivity index (χ1v) is 11.9. The molecule has 1 aromatic carbocycles. The van der Waals surface area contributed by atoms with Crippen molar-refractivity contribution in [3.8, 4) is 5.88 Å². The molecule has 2 aliphatic heterocycles. The van der Waals surface area contributed by atoms with Gasteiger partial charge in [0.25, 0.3) is 5.56 Å². The van der Waals surface area contributed by atoms with Crippen LogP contribution in [0.2, 0.25) is 0 Å². The molecule has 0 radical (unpaired) electrons. The summed E-state index contributed by atoms with van der Waals surface area (Å²) in [7, 11) is 3.13. The van der Waals surface area contributed by atoms with Crippen LogP contribution in [-0.2, 0) is 31.9 Å². The number of hydrogen-bond donors (Lipinski definition) is 0. The lowest BCUT2D eigenvalue weighted by Gasteiger charge is -2.27. The lowest BCUT2D eigenvalue weighted by molar-refractivity contribution is -0.131. The van der Waals surface area contributed by atoms with E-state index >= 15 is 0 Å². The van der Waals surface area contributed by atoms with Gasteiger partial charge in [0.05, 0.1) is 16.6 Å². The van der Waals surface area contributed by atoms with Gasteiger partial charge >= 0.3 is 5.69 Å². The van der Waals surface area contributed by atoms with Crippen molar-refractivity contribution in [3.05, 3.63) is 56.5 Å². The molecule has 34 heavy (non-hydrogen) atoms. The van der Waals surface area contributed by atoms with E-state index in [2.05, 4.69) is 13.8 Å². The maximum Gasteiger partial charge on any atom is 0.333 e. The van der Waals surface area contributed by atoms with E-state index in [9.17, 15) is 14.4 Å². The van der Waals surface area contributed by atoms with Crippen molar-refractivity contribution in [1.29, 1.82) is 0 Å². The van der Waals surface area contributed by atoms with Crippen molar-refractivity contribution >= 4 is 16.9 Å². The Balaban J connectivity index is 1.36. The van der Waals surface area contributed by atoms with E-state index in [4.69, 9.17) is 9.72 Å². The third-order valence-corrected chi connectivity index (χ3v) is 7.26. The molecule has 1 amide bonds. The number of carbonyl (C=O) groups is 1. The van der Waals surface area contributed by atoms with Crippen molar-refractivity contribution in [2.24, 2.45) is 14.1 Å². The maximum atomic E-state index is 13.4. The van der Waals surface area contributed by atoms with Crippen LogP contribution in [-0.4, -0.2) is 48.2 Å². The number of fused-ring (bicyclic) bond motifs is 2. The van der Waals surface area contributed by atoms with Crippen LogP contribution in [0.1, 0.15) is 50.4 Å².